The second-order valence-electron chi connectivity index (χ2n) is 4.03. The van der Waals surface area contributed by atoms with Crippen molar-refractivity contribution >= 4 is 22.4 Å². The average Bonchev–Trinajstić information content (AvgIpc) is 2.98. The fourth-order valence-corrected chi connectivity index (χ4v) is 2.10. The molecule has 2 N–H and O–H groups in total. The van der Waals surface area contributed by atoms with Gasteiger partial charge in [0, 0.05) is 25.4 Å². The van der Waals surface area contributed by atoms with Crippen LogP contribution in [0.5, 0.6) is 0 Å². The number of nitrogen functional groups attached to an aromatic ring is 1. The Morgan fingerprint density at radius 1 is 1.39 bits per heavy atom. The second kappa shape index (κ2) is 5.81. The fourth-order valence-electron chi connectivity index (χ4n) is 1.50. The smallest absolute Gasteiger partial charge is 0.265 e. The van der Waals surface area contributed by atoms with Gasteiger partial charge in [0.1, 0.15) is 0 Å². The number of nitrogens with two attached hydrogens (primary N) is 1. The molecule has 2 rings (SSSR count). The molecular weight excluding hydrogens is 250 g/mol. The summed E-state index contributed by atoms with van der Waals surface area (Å²) < 4.78 is 5.19. The zero-order chi connectivity index (χ0) is 13.0. The molecule has 2 heterocycles. The Morgan fingerprint density at radius 3 is 2.89 bits per heavy atom. The van der Waals surface area contributed by atoms with Gasteiger partial charge in [-0.2, -0.15) is 4.98 Å². The maximum Gasteiger partial charge on any atom is 0.265 e. The van der Waals surface area contributed by atoms with Crippen molar-refractivity contribution in [2.75, 3.05) is 24.2 Å². The van der Waals surface area contributed by atoms with Crippen molar-refractivity contribution in [3.05, 3.63) is 17.0 Å². The summed E-state index contributed by atoms with van der Waals surface area (Å²) in [6.45, 7) is 2.90. The summed E-state index contributed by atoms with van der Waals surface area (Å²) in [5.74, 6) is 1.32. The van der Waals surface area contributed by atoms with Gasteiger partial charge >= 0.3 is 0 Å². The van der Waals surface area contributed by atoms with Crippen molar-refractivity contribution in [1.82, 2.24) is 15.1 Å². The lowest BCUT2D eigenvalue weighted by Gasteiger charge is -2.08. The van der Waals surface area contributed by atoms with E-state index in [9.17, 15) is 0 Å². The quantitative estimate of drug-likeness (QED) is 0.858. The van der Waals surface area contributed by atoms with Crippen LogP contribution in [0.4, 0.5) is 11.1 Å². The first kappa shape index (κ1) is 12.8. The minimum Gasteiger partial charge on any atom is -0.375 e. The highest BCUT2D eigenvalue weighted by Crippen LogP contribution is 2.14. The van der Waals surface area contributed by atoms with E-state index in [1.54, 1.807) is 0 Å². The number of aromatic nitrogens is 3. The number of hydrogen-bond acceptors (Lipinski definition) is 7. The maximum atomic E-state index is 5.57. The van der Waals surface area contributed by atoms with Crippen LogP contribution in [0.3, 0.4) is 0 Å². The van der Waals surface area contributed by atoms with Crippen LogP contribution in [-0.4, -0.2) is 28.7 Å². The number of nitrogens with zero attached hydrogens (tertiary/aromatic N) is 4. The molecule has 0 saturated heterocycles. The molecule has 0 bridgehead atoms. The number of thiazole rings is 1. The predicted molar refractivity (Wildman–Crippen MR) is 71.8 cm³/mol. The van der Waals surface area contributed by atoms with E-state index in [0.29, 0.717) is 17.0 Å². The fraction of sp³-hybridized carbons (Fsp3) is 0.545. The molecule has 6 nitrogen and oxygen atoms in total. The van der Waals surface area contributed by atoms with Gasteiger partial charge in [0.25, 0.3) is 5.95 Å². The van der Waals surface area contributed by atoms with E-state index >= 15 is 0 Å². The van der Waals surface area contributed by atoms with Crippen molar-refractivity contribution in [3.63, 3.8) is 0 Å². The zero-order valence-electron chi connectivity index (χ0n) is 10.6. The number of aryl methyl sites for hydroxylation is 2. The Balaban J connectivity index is 1.81. The third-order valence-corrected chi connectivity index (χ3v) is 3.39. The normalized spacial score (nSPS) is 10.8. The highest BCUT2D eigenvalue weighted by molar-refractivity contribution is 7.13. The van der Waals surface area contributed by atoms with Crippen LogP contribution in [0, 0.1) is 0 Å². The Labute approximate surface area is 110 Å². The van der Waals surface area contributed by atoms with Gasteiger partial charge in [0.2, 0.25) is 5.89 Å². The molecule has 0 atom stereocenters. The summed E-state index contributed by atoms with van der Waals surface area (Å²) in [7, 11) is 1.94. The summed E-state index contributed by atoms with van der Waals surface area (Å²) in [4.78, 5) is 10.5. The number of rotatable bonds is 6. The van der Waals surface area contributed by atoms with E-state index in [1.807, 2.05) is 24.3 Å². The molecule has 0 aromatic carbocycles. The lowest BCUT2D eigenvalue weighted by molar-refractivity contribution is 0.375. The van der Waals surface area contributed by atoms with E-state index in [1.165, 1.54) is 11.3 Å². The highest BCUT2D eigenvalue weighted by Gasteiger charge is 2.09. The van der Waals surface area contributed by atoms with Crippen LogP contribution < -0.4 is 10.6 Å². The highest BCUT2D eigenvalue weighted by atomic mass is 32.1. The van der Waals surface area contributed by atoms with E-state index in [2.05, 4.69) is 15.1 Å². The molecule has 2 aromatic rings. The second-order valence-corrected chi connectivity index (χ2v) is 4.92. The largest absolute Gasteiger partial charge is 0.375 e. The van der Waals surface area contributed by atoms with Gasteiger partial charge in [-0.15, -0.1) is 11.3 Å². The molecule has 0 radical (unpaired) electrons. The van der Waals surface area contributed by atoms with Gasteiger partial charge in [-0.3, -0.25) is 0 Å². The van der Waals surface area contributed by atoms with E-state index in [4.69, 9.17) is 10.3 Å². The molecule has 0 aliphatic heterocycles. The summed E-state index contributed by atoms with van der Waals surface area (Å²) in [5, 5.41) is 6.53. The van der Waals surface area contributed by atoms with Crippen molar-refractivity contribution in [1.29, 1.82) is 0 Å². The van der Waals surface area contributed by atoms with Crippen molar-refractivity contribution in [2.24, 2.45) is 0 Å². The standard InChI is InChI=1S/C11H17N5OS/c1-3-16(2)11-14-9(17-15-11)6-4-5-8-7-18-10(12)13-8/h7H,3-6H2,1-2H3,(H2,12,13). The van der Waals surface area contributed by atoms with Gasteiger partial charge in [0.15, 0.2) is 5.13 Å². The van der Waals surface area contributed by atoms with E-state index in [-0.39, 0.29) is 0 Å². The third kappa shape index (κ3) is 3.19. The summed E-state index contributed by atoms with van der Waals surface area (Å²) in [6.07, 6.45) is 2.58. The monoisotopic (exact) mass is 267 g/mol. The van der Waals surface area contributed by atoms with Gasteiger partial charge in [-0.25, -0.2) is 4.98 Å². The van der Waals surface area contributed by atoms with Crippen molar-refractivity contribution < 1.29 is 4.52 Å². The molecule has 7 heteroatoms. The molecule has 0 saturated carbocycles. The van der Waals surface area contributed by atoms with Crippen LogP contribution in [0.2, 0.25) is 0 Å². The molecular formula is C11H17N5OS. The maximum absolute atomic E-state index is 5.57. The van der Waals surface area contributed by atoms with Crippen LogP contribution >= 0.6 is 11.3 Å². The Kier molecular flexibility index (Phi) is 4.14. The minimum absolute atomic E-state index is 0.620. The zero-order valence-corrected chi connectivity index (χ0v) is 11.4. The lowest BCUT2D eigenvalue weighted by Crippen LogP contribution is -2.17. The van der Waals surface area contributed by atoms with E-state index in [0.717, 1.165) is 31.5 Å². The molecule has 0 fully saturated rings. The van der Waals surface area contributed by atoms with Gasteiger partial charge < -0.3 is 15.2 Å². The average molecular weight is 267 g/mol. The van der Waals surface area contributed by atoms with Crippen LogP contribution in [0.25, 0.3) is 0 Å². The molecule has 0 aliphatic carbocycles. The summed E-state index contributed by atoms with van der Waals surface area (Å²) in [6, 6.07) is 0. The number of hydrogen-bond donors (Lipinski definition) is 1. The molecule has 0 aliphatic rings. The molecule has 18 heavy (non-hydrogen) atoms. The van der Waals surface area contributed by atoms with Gasteiger partial charge in [-0.1, -0.05) is 0 Å². The molecule has 2 aromatic heterocycles. The van der Waals surface area contributed by atoms with Crippen molar-refractivity contribution in [3.8, 4) is 0 Å². The van der Waals surface area contributed by atoms with Crippen molar-refractivity contribution in [2.45, 2.75) is 26.2 Å². The summed E-state index contributed by atoms with van der Waals surface area (Å²) in [5.41, 5.74) is 6.60. The molecule has 98 valence electrons. The first-order valence-corrected chi connectivity index (χ1v) is 6.80. The minimum atomic E-state index is 0.620. The van der Waals surface area contributed by atoms with Crippen LogP contribution in [-0.2, 0) is 12.8 Å². The molecule has 0 spiro atoms. The SMILES string of the molecule is CCN(C)c1noc(CCCc2csc(N)n2)n1. The molecule has 0 unspecified atom stereocenters. The lowest BCUT2D eigenvalue weighted by atomic mass is 10.2. The number of anilines is 2. The summed E-state index contributed by atoms with van der Waals surface area (Å²) >= 11 is 1.47. The molecule has 0 amide bonds. The topological polar surface area (TPSA) is 81.1 Å². The van der Waals surface area contributed by atoms with Crippen LogP contribution in [0.15, 0.2) is 9.90 Å². The Hall–Kier alpha value is -1.63. The Morgan fingerprint density at radius 2 is 2.22 bits per heavy atom. The van der Waals surface area contributed by atoms with Gasteiger partial charge in [-0.05, 0) is 24.9 Å². The first-order chi connectivity index (χ1) is 8.69. The predicted octanol–water partition coefficient (Wildman–Crippen LogP) is 1.74. The first-order valence-electron chi connectivity index (χ1n) is 5.92. The third-order valence-electron chi connectivity index (χ3n) is 2.67. The van der Waals surface area contributed by atoms with Gasteiger partial charge in [0.05, 0.1) is 5.69 Å². The Bertz CT molecular complexity index is 495. The van der Waals surface area contributed by atoms with Crippen LogP contribution in [0.1, 0.15) is 24.9 Å². The van der Waals surface area contributed by atoms with E-state index < -0.39 is 0 Å².